The fourth-order valence-corrected chi connectivity index (χ4v) is 6.36. The van der Waals surface area contributed by atoms with Crippen LogP contribution in [0.2, 0.25) is 10.0 Å². The molecule has 4 aromatic rings. The minimum atomic E-state index is -0.0851. The molecule has 0 bridgehead atoms. The predicted molar refractivity (Wildman–Crippen MR) is 166 cm³/mol. The van der Waals surface area contributed by atoms with Crippen LogP contribution < -0.4 is 0 Å². The van der Waals surface area contributed by atoms with Crippen molar-refractivity contribution in [3.8, 4) is 5.69 Å². The largest absolute Gasteiger partial charge is 0.339 e. The maximum atomic E-state index is 13.4. The zero-order valence-electron chi connectivity index (χ0n) is 22.5. The molecule has 0 N–H and O–H groups in total. The number of nitrogens with zero attached hydrogens (tertiary/aromatic N) is 5. The molecule has 1 aromatic heterocycles. The minimum absolute atomic E-state index is 0.00821. The van der Waals surface area contributed by atoms with Crippen molar-refractivity contribution in [1.82, 2.24) is 24.3 Å². The Kier molecular flexibility index (Phi) is 8.35. The molecule has 41 heavy (non-hydrogen) atoms. The summed E-state index contributed by atoms with van der Waals surface area (Å²) in [5.74, 6) is 1.13. The third-order valence-corrected chi connectivity index (χ3v) is 9.33. The van der Waals surface area contributed by atoms with Gasteiger partial charge >= 0.3 is 0 Å². The van der Waals surface area contributed by atoms with Crippen LogP contribution in [0.25, 0.3) is 16.7 Å². The lowest BCUT2D eigenvalue weighted by Gasteiger charge is -2.38. The van der Waals surface area contributed by atoms with E-state index in [-0.39, 0.29) is 17.7 Å². The zero-order valence-corrected chi connectivity index (χ0v) is 25.6. The first-order valence-corrected chi connectivity index (χ1v) is 15.4. The molecule has 3 heterocycles. The molecule has 2 saturated heterocycles. The number of piperidine rings is 1. The number of piperazine rings is 1. The van der Waals surface area contributed by atoms with Crippen LogP contribution in [0.5, 0.6) is 0 Å². The smallest absolute Gasteiger partial charge is 0.254 e. The van der Waals surface area contributed by atoms with Crippen LogP contribution in [0.4, 0.5) is 0 Å². The van der Waals surface area contributed by atoms with E-state index in [1.54, 1.807) is 23.1 Å². The molecule has 0 aliphatic carbocycles. The Labute approximate surface area is 257 Å². The molecule has 2 aliphatic heterocycles. The summed E-state index contributed by atoms with van der Waals surface area (Å²) in [6.45, 7) is 4.52. The molecule has 2 amide bonds. The fraction of sp³-hybridized carbons (Fsp3) is 0.323. The summed E-state index contributed by atoms with van der Waals surface area (Å²) in [5.41, 5.74) is 3.66. The van der Waals surface area contributed by atoms with Gasteiger partial charge in [-0.1, -0.05) is 51.3 Å². The molecule has 6 rings (SSSR count). The average Bonchev–Trinajstić information content (AvgIpc) is 3.36. The molecular weight excluding hydrogens is 625 g/mol. The number of fused-ring (bicyclic) bond motifs is 1. The third kappa shape index (κ3) is 6.02. The summed E-state index contributed by atoms with van der Waals surface area (Å²) in [5, 5.41) is 0.788. The second kappa shape index (κ2) is 12.1. The Hall–Kier alpha value is -2.91. The average molecular weight is 655 g/mol. The van der Waals surface area contributed by atoms with Gasteiger partial charge in [-0.15, -0.1) is 0 Å². The Bertz CT molecular complexity index is 1580. The fourth-order valence-electron chi connectivity index (χ4n) is 5.80. The molecule has 10 heteroatoms. The summed E-state index contributed by atoms with van der Waals surface area (Å²) in [4.78, 5) is 37.4. The topological polar surface area (TPSA) is 61.7 Å². The van der Waals surface area contributed by atoms with E-state index in [9.17, 15) is 9.59 Å². The number of hydrogen-bond acceptors (Lipinski definition) is 4. The van der Waals surface area contributed by atoms with E-state index >= 15 is 0 Å². The van der Waals surface area contributed by atoms with Crippen molar-refractivity contribution >= 4 is 62.0 Å². The van der Waals surface area contributed by atoms with Gasteiger partial charge in [-0.2, -0.15) is 0 Å². The Morgan fingerprint density at radius 3 is 2.22 bits per heavy atom. The van der Waals surface area contributed by atoms with Crippen molar-refractivity contribution in [2.24, 2.45) is 5.92 Å². The molecule has 2 aliphatic rings. The number of imidazole rings is 1. The summed E-state index contributed by atoms with van der Waals surface area (Å²) in [7, 11) is 0. The molecular formula is C31H30BrCl2N5O2. The third-order valence-electron chi connectivity index (χ3n) is 8.06. The van der Waals surface area contributed by atoms with E-state index < -0.39 is 0 Å². The van der Waals surface area contributed by atoms with Crippen molar-refractivity contribution < 1.29 is 9.59 Å². The van der Waals surface area contributed by atoms with Gasteiger partial charge in [-0.05, 0) is 80.5 Å². The predicted octanol–water partition coefficient (Wildman–Crippen LogP) is 6.29. The second-order valence-corrected chi connectivity index (χ2v) is 12.4. The molecule has 212 valence electrons. The van der Waals surface area contributed by atoms with Gasteiger partial charge in [0.15, 0.2) is 0 Å². The van der Waals surface area contributed by atoms with Gasteiger partial charge in [0.05, 0.1) is 27.6 Å². The summed E-state index contributed by atoms with van der Waals surface area (Å²) < 4.78 is 3.27. The molecule has 3 aromatic carbocycles. The Morgan fingerprint density at radius 2 is 1.51 bits per heavy atom. The molecule has 0 atom stereocenters. The van der Waals surface area contributed by atoms with Crippen LogP contribution in [0, 0.1) is 5.92 Å². The van der Waals surface area contributed by atoms with Gasteiger partial charge < -0.3 is 9.80 Å². The van der Waals surface area contributed by atoms with Gasteiger partial charge in [0, 0.05) is 47.8 Å². The monoisotopic (exact) mass is 653 g/mol. The van der Waals surface area contributed by atoms with Gasteiger partial charge in [0.1, 0.15) is 5.82 Å². The molecule has 7 nitrogen and oxygen atoms in total. The standard InChI is InChI=1S/C31H30BrCl2N5O2/c32-23-6-8-24(9-7-23)39-28-4-2-1-3-27(28)35-29(39)20-36-13-11-21(12-14-36)30(40)37-15-17-38(18-16-37)31(41)22-5-10-25(33)26(34)19-22/h1-10,19,21H,11-18,20H2. The highest BCUT2D eigenvalue weighted by Crippen LogP contribution is 2.27. The van der Waals surface area contributed by atoms with Crippen molar-refractivity contribution in [2.75, 3.05) is 39.3 Å². The lowest BCUT2D eigenvalue weighted by atomic mass is 9.95. The van der Waals surface area contributed by atoms with E-state index in [0.717, 1.165) is 59.5 Å². The lowest BCUT2D eigenvalue weighted by Crippen LogP contribution is -2.53. The number of rotatable bonds is 5. The molecule has 0 radical (unpaired) electrons. The van der Waals surface area contributed by atoms with Crippen LogP contribution in [-0.2, 0) is 11.3 Å². The Balaban J connectivity index is 1.05. The summed E-state index contributed by atoms with van der Waals surface area (Å²) >= 11 is 15.6. The summed E-state index contributed by atoms with van der Waals surface area (Å²) in [6.07, 6.45) is 1.64. The minimum Gasteiger partial charge on any atom is -0.339 e. The number of amides is 2. The van der Waals surface area contributed by atoms with Crippen LogP contribution in [0.15, 0.2) is 71.2 Å². The first-order chi connectivity index (χ1) is 19.9. The number of para-hydroxylation sites is 2. The van der Waals surface area contributed by atoms with Gasteiger partial charge in [0.25, 0.3) is 5.91 Å². The van der Waals surface area contributed by atoms with E-state index in [1.165, 1.54) is 0 Å². The normalized spacial score (nSPS) is 16.9. The van der Waals surface area contributed by atoms with Gasteiger partial charge in [0.2, 0.25) is 5.91 Å². The number of benzene rings is 3. The van der Waals surface area contributed by atoms with E-state index in [4.69, 9.17) is 28.2 Å². The number of aromatic nitrogens is 2. The highest BCUT2D eigenvalue weighted by atomic mass is 79.9. The lowest BCUT2D eigenvalue weighted by molar-refractivity contribution is -0.138. The first kappa shape index (κ1) is 28.2. The van der Waals surface area contributed by atoms with Crippen molar-refractivity contribution in [3.05, 3.63) is 92.6 Å². The van der Waals surface area contributed by atoms with Gasteiger partial charge in [-0.3, -0.25) is 19.1 Å². The second-order valence-electron chi connectivity index (χ2n) is 10.6. The molecule has 0 unspecified atom stereocenters. The van der Waals surface area contributed by atoms with Crippen LogP contribution in [0.3, 0.4) is 0 Å². The molecule has 2 fully saturated rings. The number of carbonyl (C=O) groups is 2. The number of halogens is 3. The van der Waals surface area contributed by atoms with Crippen molar-refractivity contribution in [3.63, 3.8) is 0 Å². The maximum Gasteiger partial charge on any atom is 0.254 e. The quantitative estimate of drug-likeness (QED) is 0.254. The summed E-state index contributed by atoms with van der Waals surface area (Å²) in [6, 6.07) is 21.5. The number of hydrogen-bond donors (Lipinski definition) is 0. The van der Waals surface area contributed by atoms with E-state index in [1.807, 2.05) is 29.2 Å². The van der Waals surface area contributed by atoms with Crippen molar-refractivity contribution in [1.29, 1.82) is 0 Å². The van der Waals surface area contributed by atoms with Crippen LogP contribution >= 0.6 is 39.1 Å². The Morgan fingerprint density at radius 1 is 0.829 bits per heavy atom. The highest BCUT2D eigenvalue weighted by Gasteiger charge is 2.32. The van der Waals surface area contributed by atoms with Crippen molar-refractivity contribution in [2.45, 2.75) is 19.4 Å². The van der Waals surface area contributed by atoms with Gasteiger partial charge in [-0.25, -0.2) is 4.98 Å². The van der Waals surface area contributed by atoms with Crippen LogP contribution in [0.1, 0.15) is 29.0 Å². The zero-order chi connectivity index (χ0) is 28.5. The first-order valence-electron chi connectivity index (χ1n) is 13.8. The number of carbonyl (C=O) groups excluding carboxylic acids is 2. The molecule has 0 spiro atoms. The maximum absolute atomic E-state index is 13.4. The SMILES string of the molecule is O=C(c1ccc(Cl)c(Cl)c1)N1CCN(C(=O)C2CCN(Cc3nc4ccccc4n3-c3ccc(Br)cc3)CC2)CC1. The van der Waals surface area contributed by atoms with E-state index in [2.05, 4.69) is 49.7 Å². The van der Waals surface area contributed by atoms with E-state index in [0.29, 0.717) is 41.8 Å². The highest BCUT2D eigenvalue weighted by molar-refractivity contribution is 9.10. The number of likely N-dealkylation sites (tertiary alicyclic amines) is 1. The molecule has 0 saturated carbocycles. The van der Waals surface area contributed by atoms with Crippen LogP contribution in [-0.4, -0.2) is 75.3 Å².